The van der Waals surface area contributed by atoms with Crippen molar-refractivity contribution >= 4 is 40.4 Å². The van der Waals surface area contributed by atoms with E-state index in [1.807, 2.05) is 11.9 Å². The Morgan fingerprint density at radius 2 is 2.17 bits per heavy atom. The first-order chi connectivity index (χ1) is 11.0. The summed E-state index contributed by atoms with van der Waals surface area (Å²) in [5, 5.41) is 1.27. The van der Waals surface area contributed by atoms with Crippen molar-refractivity contribution in [2.45, 2.75) is 43.8 Å². The highest BCUT2D eigenvalue weighted by atomic mass is 35.5. The molecular formula is C16H21ClN4OS. The average molecular weight is 353 g/mol. The first kappa shape index (κ1) is 16.6. The van der Waals surface area contributed by atoms with Gasteiger partial charge in [0.2, 0.25) is 5.91 Å². The number of imidazole rings is 1. The molecule has 0 unspecified atom stereocenters. The van der Waals surface area contributed by atoms with Crippen LogP contribution in [-0.4, -0.2) is 44.6 Å². The normalized spacial score (nSPS) is 21.5. The lowest BCUT2D eigenvalue weighted by molar-refractivity contribution is -0.129. The maximum absolute atomic E-state index is 12.4. The van der Waals surface area contributed by atoms with Gasteiger partial charge in [0.25, 0.3) is 0 Å². The third-order valence-corrected chi connectivity index (χ3v) is 5.61. The lowest BCUT2D eigenvalue weighted by Crippen LogP contribution is -2.40. The summed E-state index contributed by atoms with van der Waals surface area (Å²) in [7, 11) is 1.92. The molecule has 1 aliphatic carbocycles. The minimum Gasteiger partial charge on any atom is -0.342 e. The molecule has 0 radical (unpaired) electrons. The summed E-state index contributed by atoms with van der Waals surface area (Å²) < 4.78 is 0. The molecule has 1 aliphatic rings. The number of pyridine rings is 1. The van der Waals surface area contributed by atoms with Gasteiger partial charge in [-0.3, -0.25) is 4.79 Å². The van der Waals surface area contributed by atoms with Gasteiger partial charge in [-0.05, 0) is 37.7 Å². The molecular weight excluding hydrogens is 332 g/mol. The fraction of sp³-hybridized carbons (Fsp3) is 0.562. The Morgan fingerprint density at radius 3 is 2.91 bits per heavy atom. The molecule has 3 rings (SSSR count). The molecule has 23 heavy (non-hydrogen) atoms. The number of hydrogen-bond acceptors (Lipinski definition) is 4. The van der Waals surface area contributed by atoms with Gasteiger partial charge in [0.05, 0.1) is 16.3 Å². The van der Waals surface area contributed by atoms with Crippen molar-refractivity contribution in [1.82, 2.24) is 19.9 Å². The lowest BCUT2D eigenvalue weighted by Gasteiger charge is -2.33. The van der Waals surface area contributed by atoms with Crippen LogP contribution in [0.5, 0.6) is 0 Å². The smallest absolute Gasteiger partial charge is 0.233 e. The summed E-state index contributed by atoms with van der Waals surface area (Å²) >= 11 is 7.33. The number of nitrogens with one attached hydrogen (secondary N) is 1. The number of H-pyrrole nitrogens is 1. The number of rotatable bonds is 4. The van der Waals surface area contributed by atoms with Crippen molar-refractivity contribution in [3.05, 3.63) is 17.3 Å². The Bertz CT molecular complexity index is 696. The molecule has 1 saturated carbocycles. The summed E-state index contributed by atoms with van der Waals surface area (Å²) in [5.74, 6) is 1.33. The molecule has 2 heterocycles. The van der Waals surface area contributed by atoms with Crippen LogP contribution in [0.3, 0.4) is 0 Å². The Balaban J connectivity index is 1.57. The van der Waals surface area contributed by atoms with Crippen LogP contribution in [0.4, 0.5) is 0 Å². The number of hydrogen-bond donors (Lipinski definition) is 1. The maximum Gasteiger partial charge on any atom is 0.233 e. The van der Waals surface area contributed by atoms with Gasteiger partial charge in [-0.15, -0.1) is 0 Å². The first-order valence-corrected chi connectivity index (χ1v) is 9.29. The molecule has 0 saturated heterocycles. The van der Waals surface area contributed by atoms with E-state index in [1.165, 1.54) is 24.6 Å². The average Bonchev–Trinajstić information content (AvgIpc) is 2.94. The van der Waals surface area contributed by atoms with Gasteiger partial charge in [-0.2, -0.15) is 0 Å². The zero-order valence-electron chi connectivity index (χ0n) is 13.4. The number of carbonyl (C=O) groups is 1. The molecule has 2 aromatic heterocycles. The predicted octanol–water partition coefficient (Wildman–Crippen LogP) is 3.74. The third-order valence-electron chi connectivity index (χ3n) is 4.54. The Morgan fingerprint density at radius 1 is 1.43 bits per heavy atom. The fourth-order valence-electron chi connectivity index (χ4n) is 2.99. The maximum atomic E-state index is 12.4. The van der Waals surface area contributed by atoms with Crippen LogP contribution >= 0.6 is 23.4 Å². The van der Waals surface area contributed by atoms with E-state index in [0.717, 1.165) is 24.3 Å². The van der Waals surface area contributed by atoms with Gasteiger partial charge in [-0.1, -0.05) is 30.3 Å². The number of aromatic amines is 1. The molecule has 0 spiro atoms. The second-order valence-corrected chi connectivity index (χ2v) is 7.67. The molecule has 0 atom stereocenters. The summed E-state index contributed by atoms with van der Waals surface area (Å²) in [6, 6.07) is 2.17. The molecule has 5 nitrogen and oxygen atoms in total. The van der Waals surface area contributed by atoms with Crippen LogP contribution in [0.15, 0.2) is 17.4 Å². The van der Waals surface area contributed by atoms with Gasteiger partial charge < -0.3 is 9.88 Å². The largest absolute Gasteiger partial charge is 0.342 e. The molecule has 1 fully saturated rings. The van der Waals surface area contributed by atoms with E-state index < -0.39 is 0 Å². The highest BCUT2D eigenvalue weighted by Crippen LogP contribution is 2.27. The quantitative estimate of drug-likeness (QED) is 0.851. The Hall–Kier alpha value is -1.27. The SMILES string of the molecule is CC1CCC(N(C)C(=O)CSc2nc3ncc(Cl)cc3[nH]2)CC1. The third kappa shape index (κ3) is 3.98. The highest BCUT2D eigenvalue weighted by Gasteiger charge is 2.24. The van der Waals surface area contributed by atoms with Crippen molar-refractivity contribution in [2.24, 2.45) is 5.92 Å². The van der Waals surface area contributed by atoms with Crippen molar-refractivity contribution in [1.29, 1.82) is 0 Å². The Labute approximate surface area is 145 Å². The van der Waals surface area contributed by atoms with Crippen LogP contribution in [0.25, 0.3) is 11.2 Å². The van der Waals surface area contributed by atoms with Crippen LogP contribution in [0.2, 0.25) is 5.02 Å². The molecule has 0 bridgehead atoms. The number of fused-ring (bicyclic) bond motifs is 1. The van der Waals surface area contributed by atoms with Gasteiger partial charge in [0, 0.05) is 19.3 Å². The van der Waals surface area contributed by atoms with Crippen molar-refractivity contribution in [2.75, 3.05) is 12.8 Å². The summed E-state index contributed by atoms with van der Waals surface area (Å²) in [6.45, 7) is 2.29. The molecule has 7 heteroatoms. The van der Waals surface area contributed by atoms with E-state index in [2.05, 4.69) is 21.9 Å². The monoisotopic (exact) mass is 352 g/mol. The van der Waals surface area contributed by atoms with E-state index in [1.54, 1.807) is 12.3 Å². The van der Waals surface area contributed by atoms with Crippen LogP contribution in [0, 0.1) is 5.92 Å². The fourth-order valence-corrected chi connectivity index (χ4v) is 3.94. The van der Waals surface area contributed by atoms with Gasteiger partial charge in [0.15, 0.2) is 10.8 Å². The van der Waals surface area contributed by atoms with E-state index in [9.17, 15) is 4.79 Å². The first-order valence-electron chi connectivity index (χ1n) is 7.92. The molecule has 1 N–H and O–H groups in total. The number of halogens is 1. The van der Waals surface area contributed by atoms with Gasteiger partial charge in [-0.25, -0.2) is 9.97 Å². The zero-order chi connectivity index (χ0) is 16.4. The minimum absolute atomic E-state index is 0.154. The van der Waals surface area contributed by atoms with E-state index in [-0.39, 0.29) is 5.91 Å². The Kier molecular flexibility index (Phi) is 5.11. The van der Waals surface area contributed by atoms with Crippen molar-refractivity contribution < 1.29 is 4.79 Å². The summed E-state index contributed by atoms with van der Waals surface area (Å²) in [5.41, 5.74) is 1.42. The molecule has 1 amide bonds. The second kappa shape index (κ2) is 7.09. The van der Waals surface area contributed by atoms with E-state index in [4.69, 9.17) is 11.6 Å². The van der Waals surface area contributed by atoms with Gasteiger partial charge in [0.1, 0.15) is 0 Å². The number of carbonyl (C=O) groups excluding carboxylic acids is 1. The number of aromatic nitrogens is 3. The summed E-state index contributed by atoms with van der Waals surface area (Å²) in [6.07, 6.45) is 6.22. The zero-order valence-corrected chi connectivity index (χ0v) is 15.0. The van der Waals surface area contributed by atoms with Crippen LogP contribution in [0.1, 0.15) is 32.6 Å². The molecule has 2 aromatic rings. The topological polar surface area (TPSA) is 61.9 Å². The lowest BCUT2D eigenvalue weighted by atomic mass is 9.87. The van der Waals surface area contributed by atoms with E-state index >= 15 is 0 Å². The molecule has 0 aliphatic heterocycles. The number of amides is 1. The number of nitrogens with zero attached hydrogens (tertiary/aromatic N) is 3. The predicted molar refractivity (Wildman–Crippen MR) is 93.8 cm³/mol. The van der Waals surface area contributed by atoms with E-state index in [0.29, 0.717) is 27.6 Å². The highest BCUT2D eigenvalue weighted by molar-refractivity contribution is 7.99. The van der Waals surface area contributed by atoms with Crippen molar-refractivity contribution in [3.63, 3.8) is 0 Å². The van der Waals surface area contributed by atoms with Crippen LogP contribution in [-0.2, 0) is 4.79 Å². The molecule has 124 valence electrons. The van der Waals surface area contributed by atoms with Gasteiger partial charge >= 0.3 is 0 Å². The summed E-state index contributed by atoms with van der Waals surface area (Å²) in [4.78, 5) is 26.0. The molecule has 0 aromatic carbocycles. The van der Waals surface area contributed by atoms with Crippen LogP contribution < -0.4 is 0 Å². The second-order valence-electron chi connectivity index (χ2n) is 6.27. The minimum atomic E-state index is 0.154. The van der Waals surface area contributed by atoms with Crippen molar-refractivity contribution in [3.8, 4) is 0 Å². The standard InChI is InChI=1S/C16H21ClN4OS/c1-10-3-5-12(6-4-10)21(2)14(22)9-23-16-19-13-7-11(17)8-18-15(13)20-16/h7-8,10,12H,3-6,9H2,1-2H3,(H,18,19,20). The number of thioether (sulfide) groups is 1.